The molecule has 0 aliphatic carbocycles. The van der Waals surface area contributed by atoms with Crippen LogP contribution in [0.25, 0.3) is 22.2 Å². The molecule has 1 heterocycles. The molecule has 0 amide bonds. The lowest BCUT2D eigenvalue weighted by Gasteiger charge is -2.10. The Hall–Kier alpha value is -2.66. The number of aromatic amines is 1. The molecule has 0 unspecified atom stereocenters. The van der Waals surface area contributed by atoms with E-state index in [1.54, 1.807) is 26.4 Å². The molecule has 0 radical (unpaired) electrons. The summed E-state index contributed by atoms with van der Waals surface area (Å²) in [5.41, 5.74) is 2.92. The van der Waals surface area contributed by atoms with Gasteiger partial charge in [-0.25, -0.2) is 0 Å². The van der Waals surface area contributed by atoms with Gasteiger partial charge in [-0.1, -0.05) is 23.7 Å². The largest absolute Gasteiger partial charge is 0.493 e. The van der Waals surface area contributed by atoms with E-state index in [-0.39, 0.29) is 6.42 Å². The summed E-state index contributed by atoms with van der Waals surface area (Å²) in [7, 11) is 3.12. The summed E-state index contributed by atoms with van der Waals surface area (Å²) in [6, 6.07) is 10.9. The highest BCUT2D eigenvalue weighted by atomic mass is 35.5. The van der Waals surface area contributed by atoms with Gasteiger partial charge in [0.25, 0.3) is 0 Å². The monoisotopic (exact) mass is 345 g/mol. The Kier molecular flexibility index (Phi) is 4.36. The SMILES string of the molecule is COc1ccc(-c2[nH]c3c(Cl)cccc3c2CC(=O)O)cc1OC. The molecule has 0 aliphatic rings. The molecule has 3 rings (SSSR count). The maximum Gasteiger partial charge on any atom is 0.307 e. The number of aromatic nitrogens is 1. The molecule has 24 heavy (non-hydrogen) atoms. The Morgan fingerprint density at radius 3 is 2.58 bits per heavy atom. The highest BCUT2D eigenvalue weighted by Crippen LogP contribution is 2.37. The maximum atomic E-state index is 11.3. The Bertz CT molecular complexity index is 917. The normalized spacial score (nSPS) is 10.8. The van der Waals surface area contributed by atoms with Crippen LogP contribution >= 0.6 is 11.6 Å². The third kappa shape index (κ3) is 2.78. The molecule has 0 spiro atoms. The molecule has 0 atom stereocenters. The molecule has 3 aromatic rings. The quantitative estimate of drug-likeness (QED) is 0.729. The Labute approximate surface area is 143 Å². The number of carboxylic acids is 1. The van der Waals surface area contributed by atoms with Crippen molar-refractivity contribution >= 4 is 28.5 Å². The van der Waals surface area contributed by atoms with Crippen molar-refractivity contribution in [1.29, 1.82) is 0 Å². The van der Waals surface area contributed by atoms with E-state index in [2.05, 4.69) is 4.98 Å². The van der Waals surface area contributed by atoms with Crippen molar-refractivity contribution < 1.29 is 19.4 Å². The van der Waals surface area contributed by atoms with Gasteiger partial charge in [-0.15, -0.1) is 0 Å². The summed E-state index contributed by atoms with van der Waals surface area (Å²) >= 11 is 6.25. The lowest BCUT2D eigenvalue weighted by molar-refractivity contribution is -0.136. The van der Waals surface area contributed by atoms with Crippen LogP contribution in [0, 0.1) is 0 Å². The predicted octanol–water partition coefficient (Wildman–Crippen LogP) is 4.13. The van der Waals surface area contributed by atoms with E-state index < -0.39 is 5.97 Å². The Morgan fingerprint density at radius 1 is 1.17 bits per heavy atom. The van der Waals surface area contributed by atoms with Crippen molar-refractivity contribution in [2.45, 2.75) is 6.42 Å². The molecule has 1 aromatic heterocycles. The van der Waals surface area contributed by atoms with Gasteiger partial charge in [0.2, 0.25) is 0 Å². The predicted molar refractivity (Wildman–Crippen MR) is 93.2 cm³/mol. The van der Waals surface area contributed by atoms with E-state index >= 15 is 0 Å². The summed E-state index contributed by atoms with van der Waals surface area (Å²) in [4.78, 5) is 14.6. The standard InChI is InChI=1S/C18H16ClNO4/c1-23-14-7-6-10(8-15(14)24-2)17-12(9-16(21)22)11-4-3-5-13(19)18(11)20-17/h3-8,20H,9H2,1-2H3,(H,21,22). The smallest absolute Gasteiger partial charge is 0.307 e. The number of para-hydroxylation sites is 1. The zero-order valence-corrected chi connectivity index (χ0v) is 14.0. The van der Waals surface area contributed by atoms with Crippen LogP contribution in [-0.2, 0) is 11.2 Å². The molecule has 6 heteroatoms. The number of fused-ring (bicyclic) bond motifs is 1. The van der Waals surface area contributed by atoms with Crippen LogP contribution in [0.2, 0.25) is 5.02 Å². The lowest BCUT2D eigenvalue weighted by atomic mass is 10.0. The minimum Gasteiger partial charge on any atom is -0.493 e. The van der Waals surface area contributed by atoms with Crippen molar-refractivity contribution in [2.75, 3.05) is 14.2 Å². The Morgan fingerprint density at radius 2 is 1.92 bits per heavy atom. The number of carboxylic acid groups (broad SMARTS) is 1. The van der Waals surface area contributed by atoms with E-state index in [1.807, 2.05) is 24.3 Å². The number of methoxy groups -OCH3 is 2. The molecule has 2 aromatic carbocycles. The van der Waals surface area contributed by atoms with Crippen LogP contribution in [0.15, 0.2) is 36.4 Å². The van der Waals surface area contributed by atoms with Crippen molar-refractivity contribution in [3.05, 3.63) is 47.0 Å². The molecule has 0 saturated carbocycles. The van der Waals surface area contributed by atoms with Crippen molar-refractivity contribution in [3.8, 4) is 22.8 Å². The summed E-state index contributed by atoms with van der Waals surface area (Å²) < 4.78 is 10.6. The highest BCUT2D eigenvalue weighted by Gasteiger charge is 2.18. The average Bonchev–Trinajstić information content (AvgIpc) is 2.93. The van der Waals surface area contributed by atoms with Gasteiger partial charge < -0.3 is 19.6 Å². The van der Waals surface area contributed by atoms with Gasteiger partial charge in [0.1, 0.15) is 0 Å². The number of halogens is 1. The van der Waals surface area contributed by atoms with Crippen molar-refractivity contribution in [1.82, 2.24) is 4.98 Å². The number of carbonyl (C=O) groups is 1. The average molecular weight is 346 g/mol. The van der Waals surface area contributed by atoms with Gasteiger partial charge in [-0.05, 0) is 29.8 Å². The minimum atomic E-state index is -0.905. The van der Waals surface area contributed by atoms with Gasteiger partial charge in [-0.3, -0.25) is 4.79 Å². The molecule has 2 N–H and O–H groups in total. The first-order chi connectivity index (χ1) is 11.5. The first kappa shape index (κ1) is 16.2. The molecule has 0 saturated heterocycles. The van der Waals surface area contributed by atoms with Crippen LogP contribution in [0.4, 0.5) is 0 Å². The number of hydrogen-bond acceptors (Lipinski definition) is 3. The number of nitrogens with one attached hydrogen (secondary N) is 1. The number of aliphatic carboxylic acids is 1. The van der Waals surface area contributed by atoms with Gasteiger partial charge in [0.15, 0.2) is 11.5 Å². The number of rotatable bonds is 5. The molecule has 0 bridgehead atoms. The molecule has 5 nitrogen and oxygen atoms in total. The van der Waals surface area contributed by atoms with Crippen molar-refractivity contribution in [3.63, 3.8) is 0 Å². The van der Waals surface area contributed by atoms with Crippen LogP contribution in [-0.4, -0.2) is 30.3 Å². The van der Waals surface area contributed by atoms with Crippen LogP contribution < -0.4 is 9.47 Å². The second-order valence-corrected chi connectivity index (χ2v) is 5.69. The van der Waals surface area contributed by atoms with E-state index in [1.165, 1.54) is 0 Å². The van der Waals surface area contributed by atoms with E-state index in [9.17, 15) is 9.90 Å². The lowest BCUT2D eigenvalue weighted by Crippen LogP contribution is -2.01. The van der Waals surface area contributed by atoms with Crippen LogP contribution in [0.1, 0.15) is 5.56 Å². The molecular weight excluding hydrogens is 330 g/mol. The third-order valence-corrected chi connectivity index (χ3v) is 4.21. The topological polar surface area (TPSA) is 71.6 Å². The number of benzene rings is 2. The summed E-state index contributed by atoms with van der Waals surface area (Å²) in [6.45, 7) is 0. The number of H-pyrrole nitrogens is 1. The number of ether oxygens (including phenoxy) is 2. The van der Waals surface area contributed by atoms with E-state index in [0.29, 0.717) is 27.8 Å². The Balaban J connectivity index is 2.25. The summed E-state index contributed by atoms with van der Waals surface area (Å²) in [5.74, 6) is 0.272. The fourth-order valence-corrected chi connectivity index (χ4v) is 3.03. The zero-order valence-electron chi connectivity index (χ0n) is 13.2. The van der Waals surface area contributed by atoms with Crippen LogP contribution in [0.3, 0.4) is 0 Å². The second kappa shape index (κ2) is 6.45. The minimum absolute atomic E-state index is 0.107. The molecular formula is C18H16ClNO4. The molecule has 0 aliphatic heterocycles. The third-order valence-electron chi connectivity index (χ3n) is 3.89. The first-order valence-electron chi connectivity index (χ1n) is 7.28. The van der Waals surface area contributed by atoms with Gasteiger partial charge in [-0.2, -0.15) is 0 Å². The maximum absolute atomic E-state index is 11.3. The first-order valence-corrected chi connectivity index (χ1v) is 7.66. The zero-order chi connectivity index (χ0) is 17.3. The fraction of sp³-hybridized carbons (Fsp3) is 0.167. The summed E-state index contributed by atoms with van der Waals surface area (Å²) in [5, 5.41) is 10.6. The summed E-state index contributed by atoms with van der Waals surface area (Å²) in [6.07, 6.45) is -0.107. The number of hydrogen-bond donors (Lipinski definition) is 2. The highest BCUT2D eigenvalue weighted by molar-refractivity contribution is 6.35. The van der Waals surface area contributed by atoms with E-state index in [4.69, 9.17) is 21.1 Å². The van der Waals surface area contributed by atoms with Gasteiger partial charge in [0, 0.05) is 10.9 Å². The second-order valence-electron chi connectivity index (χ2n) is 5.28. The molecule has 124 valence electrons. The molecule has 0 fully saturated rings. The van der Waals surface area contributed by atoms with E-state index in [0.717, 1.165) is 16.5 Å². The van der Waals surface area contributed by atoms with Gasteiger partial charge >= 0.3 is 5.97 Å². The fourth-order valence-electron chi connectivity index (χ4n) is 2.81. The van der Waals surface area contributed by atoms with Crippen LogP contribution in [0.5, 0.6) is 11.5 Å². The van der Waals surface area contributed by atoms with Crippen molar-refractivity contribution in [2.24, 2.45) is 0 Å². The van der Waals surface area contributed by atoms with Gasteiger partial charge in [0.05, 0.1) is 36.9 Å².